The first-order valence-corrected chi connectivity index (χ1v) is 6.42. The molecule has 0 amide bonds. The van der Waals surface area contributed by atoms with E-state index in [1.165, 1.54) is 0 Å². The summed E-state index contributed by atoms with van der Waals surface area (Å²) in [7, 11) is 0. The molecule has 0 aromatic heterocycles. The van der Waals surface area contributed by atoms with Crippen molar-refractivity contribution in [1.29, 1.82) is 0 Å². The molecule has 1 aromatic rings. The smallest absolute Gasteiger partial charge is 0.120 e. The minimum atomic E-state index is 0.307. The van der Waals surface area contributed by atoms with Crippen LogP contribution >= 0.6 is 15.9 Å². The predicted octanol–water partition coefficient (Wildman–Crippen LogP) is 3.68. The van der Waals surface area contributed by atoms with Crippen molar-refractivity contribution < 1.29 is 5.11 Å². The van der Waals surface area contributed by atoms with E-state index in [0.29, 0.717) is 17.7 Å². The molecule has 0 aliphatic heterocycles. The molecule has 90 valence electrons. The van der Waals surface area contributed by atoms with Gasteiger partial charge in [0.2, 0.25) is 0 Å². The SMILES string of the molecule is CCC(C)(C)CNCc1cc(Br)ccc1O. The minimum Gasteiger partial charge on any atom is -0.508 e. The summed E-state index contributed by atoms with van der Waals surface area (Å²) in [5.41, 5.74) is 1.24. The molecule has 16 heavy (non-hydrogen) atoms. The van der Waals surface area contributed by atoms with Crippen molar-refractivity contribution in [2.75, 3.05) is 6.54 Å². The van der Waals surface area contributed by atoms with Crippen LogP contribution in [0.3, 0.4) is 0 Å². The van der Waals surface area contributed by atoms with E-state index in [0.717, 1.165) is 23.0 Å². The van der Waals surface area contributed by atoms with Gasteiger partial charge in [-0.15, -0.1) is 0 Å². The average molecular weight is 286 g/mol. The molecule has 1 aromatic carbocycles. The van der Waals surface area contributed by atoms with Crippen LogP contribution in [0.4, 0.5) is 0 Å². The average Bonchev–Trinajstić information content (AvgIpc) is 2.23. The zero-order valence-electron chi connectivity index (χ0n) is 10.2. The normalized spacial score (nSPS) is 11.8. The maximum Gasteiger partial charge on any atom is 0.120 e. The van der Waals surface area contributed by atoms with Gasteiger partial charge in [-0.1, -0.05) is 36.7 Å². The van der Waals surface area contributed by atoms with Crippen LogP contribution in [0, 0.1) is 5.41 Å². The van der Waals surface area contributed by atoms with E-state index in [-0.39, 0.29) is 0 Å². The van der Waals surface area contributed by atoms with Crippen LogP contribution in [-0.2, 0) is 6.54 Å². The van der Waals surface area contributed by atoms with Gasteiger partial charge in [0.15, 0.2) is 0 Å². The zero-order valence-corrected chi connectivity index (χ0v) is 11.8. The molecule has 1 rings (SSSR count). The molecule has 0 aliphatic carbocycles. The summed E-state index contributed by atoms with van der Waals surface area (Å²) in [5, 5.41) is 13.0. The lowest BCUT2D eigenvalue weighted by Gasteiger charge is -2.23. The second-order valence-electron chi connectivity index (χ2n) is 4.89. The molecule has 0 radical (unpaired) electrons. The molecule has 0 heterocycles. The quantitative estimate of drug-likeness (QED) is 0.865. The number of phenolic OH excluding ortho intramolecular Hbond substituents is 1. The van der Waals surface area contributed by atoms with Crippen molar-refractivity contribution in [3.63, 3.8) is 0 Å². The lowest BCUT2D eigenvalue weighted by molar-refractivity contribution is 0.326. The van der Waals surface area contributed by atoms with E-state index in [2.05, 4.69) is 42.0 Å². The number of benzene rings is 1. The number of hydrogen-bond acceptors (Lipinski definition) is 2. The van der Waals surface area contributed by atoms with Crippen LogP contribution in [0.15, 0.2) is 22.7 Å². The highest BCUT2D eigenvalue weighted by atomic mass is 79.9. The number of rotatable bonds is 5. The van der Waals surface area contributed by atoms with E-state index >= 15 is 0 Å². The Morgan fingerprint density at radius 3 is 2.69 bits per heavy atom. The molecule has 0 aliphatic rings. The van der Waals surface area contributed by atoms with E-state index in [4.69, 9.17) is 0 Å². The third-order valence-electron chi connectivity index (χ3n) is 2.92. The van der Waals surface area contributed by atoms with E-state index in [1.54, 1.807) is 6.07 Å². The Hall–Kier alpha value is -0.540. The van der Waals surface area contributed by atoms with Crippen LogP contribution < -0.4 is 5.32 Å². The third-order valence-corrected chi connectivity index (χ3v) is 3.41. The molecular formula is C13H20BrNO. The van der Waals surface area contributed by atoms with Gasteiger partial charge in [0, 0.05) is 23.1 Å². The first-order chi connectivity index (χ1) is 7.44. The molecular weight excluding hydrogens is 266 g/mol. The van der Waals surface area contributed by atoms with Crippen molar-refractivity contribution in [2.45, 2.75) is 33.7 Å². The maximum absolute atomic E-state index is 9.66. The molecule has 0 atom stereocenters. The van der Waals surface area contributed by atoms with Gasteiger partial charge in [-0.2, -0.15) is 0 Å². The fourth-order valence-electron chi connectivity index (χ4n) is 1.36. The van der Waals surface area contributed by atoms with Crippen LogP contribution in [-0.4, -0.2) is 11.7 Å². The molecule has 2 N–H and O–H groups in total. The van der Waals surface area contributed by atoms with Gasteiger partial charge in [-0.25, -0.2) is 0 Å². The summed E-state index contributed by atoms with van der Waals surface area (Å²) in [5.74, 6) is 0.352. The highest BCUT2D eigenvalue weighted by Crippen LogP contribution is 2.22. The molecule has 0 saturated carbocycles. The number of nitrogens with one attached hydrogen (secondary N) is 1. The summed E-state index contributed by atoms with van der Waals surface area (Å²) >= 11 is 3.40. The molecule has 0 bridgehead atoms. The highest BCUT2D eigenvalue weighted by molar-refractivity contribution is 9.10. The summed E-state index contributed by atoms with van der Waals surface area (Å²) < 4.78 is 0.997. The molecule has 0 spiro atoms. The molecule has 3 heteroatoms. The fraction of sp³-hybridized carbons (Fsp3) is 0.538. The number of phenols is 1. The summed E-state index contributed by atoms with van der Waals surface area (Å²) in [6, 6.07) is 5.50. The van der Waals surface area contributed by atoms with Crippen LogP contribution in [0.5, 0.6) is 5.75 Å². The second-order valence-corrected chi connectivity index (χ2v) is 5.81. The van der Waals surface area contributed by atoms with Crippen LogP contribution in [0.25, 0.3) is 0 Å². The Kier molecular flexibility index (Phi) is 4.81. The Morgan fingerprint density at radius 2 is 2.06 bits per heavy atom. The Balaban J connectivity index is 2.52. The Morgan fingerprint density at radius 1 is 1.38 bits per heavy atom. The monoisotopic (exact) mass is 285 g/mol. The number of hydrogen-bond donors (Lipinski definition) is 2. The van der Waals surface area contributed by atoms with Crippen molar-refractivity contribution in [2.24, 2.45) is 5.41 Å². The van der Waals surface area contributed by atoms with Gasteiger partial charge >= 0.3 is 0 Å². The largest absolute Gasteiger partial charge is 0.508 e. The van der Waals surface area contributed by atoms with E-state index in [1.807, 2.05) is 12.1 Å². The second kappa shape index (κ2) is 5.69. The lowest BCUT2D eigenvalue weighted by Crippen LogP contribution is -2.28. The highest BCUT2D eigenvalue weighted by Gasteiger charge is 2.14. The predicted molar refractivity (Wildman–Crippen MR) is 71.6 cm³/mol. The summed E-state index contributed by atoms with van der Waals surface area (Å²) in [6.45, 7) is 8.32. The standard InChI is InChI=1S/C13H20BrNO/c1-4-13(2,3)9-15-8-10-7-11(14)5-6-12(10)16/h5-7,15-16H,4,8-9H2,1-3H3. The van der Waals surface area contributed by atoms with Gasteiger partial charge in [0.05, 0.1) is 0 Å². The van der Waals surface area contributed by atoms with Gasteiger partial charge in [0.1, 0.15) is 5.75 Å². The molecule has 0 fully saturated rings. The Labute approximate surface area is 106 Å². The van der Waals surface area contributed by atoms with Crippen LogP contribution in [0.1, 0.15) is 32.8 Å². The number of aromatic hydroxyl groups is 1. The first kappa shape index (κ1) is 13.5. The van der Waals surface area contributed by atoms with E-state index < -0.39 is 0 Å². The zero-order chi connectivity index (χ0) is 12.2. The number of halogens is 1. The Bertz CT molecular complexity index is 350. The van der Waals surface area contributed by atoms with Gasteiger partial charge < -0.3 is 10.4 Å². The van der Waals surface area contributed by atoms with Gasteiger partial charge in [-0.3, -0.25) is 0 Å². The molecule has 2 nitrogen and oxygen atoms in total. The third kappa shape index (κ3) is 4.14. The summed E-state index contributed by atoms with van der Waals surface area (Å²) in [6.07, 6.45) is 1.14. The topological polar surface area (TPSA) is 32.3 Å². The van der Waals surface area contributed by atoms with Crippen LogP contribution in [0.2, 0.25) is 0 Å². The van der Waals surface area contributed by atoms with Crippen molar-refractivity contribution >= 4 is 15.9 Å². The lowest BCUT2D eigenvalue weighted by atomic mass is 9.90. The maximum atomic E-state index is 9.66. The minimum absolute atomic E-state index is 0.307. The summed E-state index contributed by atoms with van der Waals surface area (Å²) in [4.78, 5) is 0. The van der Waals surface area contributed by atoms with Gasteiger partial charge in [-0.05, 0) is 30.0 Å². The van der Waals surface area contributed by atoms with Gasteiger partial charge in [0.25, 0.3) is 0 Å². The van der Waals surface area contributed by atoms with Crippen molar-refractivity contribution in [3.8, 4) is 5.75 Å². The van der Waals surface area contributed by atoms with Crippen molar-refractivity contribution in [1.82, 2.24) is 5.32 Å². The first-order valence-electron chi connectivity index (χ1n) is 5.63. The molecule has 0 saturated heterocycles. The van der Waals surface area contributed by atoms with E-state index in [9.17, 15) is 5.11 Å². The molecule has 0 unspecified atom stereocenters. The van der Waals surface area contributed by atoms with Crippen molar-refractivity contribution in [3.05, 3.63) is 28.2 Å². The fourth-order valence-corrected chi connectivity index (χ4v) is 1.76.